The maximum absolute atomic E-state index is 12.1. The van der Waals surface area contributed by atoms with Crippen LogP contribution in [0.3, 0.4) is 0 Å². The second-order valence-electron chi connectivity index (χ2n) is 6.28. The standard InChI is InChI=1S/C20H22N6OS/c1-13-7-9-15(10-8-13)22-20-25-17(24-19(21)26-20)11-28-12-18(27)23-16-6-4-3-5-14(16)2/h3-10H,11-12H2,1-2H3,(H,23,27)(H3,21,22,24,25,26). The van der Waals surface area contributed by atoms with Gasteiger partial charge in [-0.15, -0.1) is 11.8 Å². The van der Waals surface area contributed by atoms with Crippen molar-refractivity contribution < 1.29 is 4.79 Å². The lowest BCUT2D eigenvalue weighted by atomic mass is 10.2. The lowest BCUT2D eigenvalue weighted by molar-refractivity contribution is -0.113. The van der Waals surface area contributed by atoms with E-state index in [2.05, 4.69) is 25.6 Å². The molecule has 2 aromatic carbocycles. The van der Waals surface area contributed by atoms with E-state index in [1.165, 1.54) is 17.3 Å². The Morgan fingerprint density at radius 3 is 2.54 bits per heavy atom. The molecule has 1 aromatic heterocycles. The van der Waals surface area contributed by atoms with Crippen molar-refractivity contribution in [3.63, 3.8) is 0 Å². The summed E-state index contributed by atoms with van der Waals surface area (Å²) in [5.41, 5.74) is 9.68. The summed E-state index contributed by atoms with van der Waals surface area (Å²) in [5, 5.41) is 6.03. The molecule has 0 bridgehead atoms. The number of amides is 1. The van der Waals surface area contributed by atoms with E-state index < -0.39 is 0 Å². The van der Waals surface area contributed by atoms with Crippen LogP contribution in [-0.4, -0.2) is 26.6 Å². The molecule has 3 rings (SSSR count). The molecule has 28 heavy (non-hydrogen) atoms. The summed E-state index contributed by atoms with van der Waals surface area (Å²) >= 11 is 1.42. The molecular formula is C20H22N6OS. The minimum absolute atomic E-state index is 0.0701. The number of nitrogens with one attached hydrogen (secondary N) is 2. The molecule has 0 spiro atoms. The number of carbonyl (C=O) groups is 1. The average Bonchev–Trinajstić information content (AvgIpc) is 2.65. The summed E-state index contributed by atoms with van der Waals surface area (Å²) in [5.74, 6) is 1.73. The maximum atomic E-state index is 12.1. The summed E-state index contributed by atoms with van der Waals surface area (Å²) < 4.78 is 0. The van der Waals surface area contributed by atoms with Gasteiger partial charge in [0.15, 0.2) is 0 Å². The van der Waals surface area contributed by atoms with Gasteiger partial charge in [-0.2, -0.15) is 15.0 Å². The second-order valence-corrected chi connectivity index (χ2v) is 7.27. The number of nitrogens with zero attached hydrogens (tertiary/aromatic N) is 3. The zero-order valence-electron chi connectivity index (χ0n) is 15.8. The topological polar surface area (TPSA) is 106 Å². The van der Waals surface area contributed by atoms with Crippen LogP contribution in [-0.2, 0) is 10.5 Å². The number of nitrogens with two attached hydrogens (primary N) is 1. The van der Waals surface area contributed by atoms with Gasteiger partial charge in [0.25, 0.3) is 0 Å². The van der Waals surface area contributed by atoms with Gasteiger partial charge in [-0.3, -0.25) is 4.79 Å². The van der Waals surface area contributed by atoms with Gasteiger partial charge < -0.3 is 16.4 Å². The highest BCUT2D eigenvalue weighted by molar-refractivity contribution is 7.99. The molecule has 0 aliphatic carbocycles. The first kappa shape index (κ1) is 19.6. The molecule has 7 nitrogen and oxygen atoms in total. The van der Waals surface area contributed by atoms with Gasteiger partial charge in [0.1, 0.15) is 5.82 Å². The number of para-hydroxylation sites is 1. The van der Waals surface area contributed by atoms with E-state index in [1.54, 1.807) is 0 Å². The number of aryl methyl sites for hydroxylation is 2. The van der Waals surface area contributed by atoms with Gasteiger partial charge in [0.05, 0.1) is 11.5 Å². The molecule has 0 saturated heterocycles. The highest BCUT2D eigenvalue weighted by Crippen LogP contribution is 2.17. The van der Waals surface area contributed by atoms with E-state index >= 15 is 0 Å². The molecular weight excluding hydrogens is 372 g/mol. The molecule has 0 saturated carbocycles. The largest absolute Gasteiger partial charge is 0.368 e. The van der Waals surface area contributed by atoms with E-state index in [1.807, 2.05) is 62.4 Å². The lowest BCUT2D eigenvalue weighted by Gasteiger charge is -2.09. The second kappa shape index (κ2) is 9.18. The predicted molar refractivity (Wildman–Crippen MR) is 115 cm³/mol. The maximum Gasteiger partial charge on any atom is 0.234 e. The number of anilines is 4. The van der Waals surface area contributed by atoms with Gasteiger partial charge in [-0.05, 0) is 37.6 Å². The van der Waals surface area contributed by atoms with Crippen LogP contribution in [0, 0.1) is 13.8 Å². The van der Waals surface area contributed by atoms with Crippen molar-refractivity contribution in [2.45, 2.75) is 19.6 Å². The fraction of sp³-hybridized carbons (Fsp3) is 0.200. The molecule has 0 fully saturated rings. The molecule has 8 heteroatoms. The Hall–Kier alpha value is -3.13. The zero-order chi connectivity index (χ0) is 19.9. The third-order valence-corrected chi connectivity index (χ3v) is 4.82. The zero-order valence-corrected chi connectivity index (χ0v) is 16.6. The van der Waals surface area contributed by atoms with Crippen LogP contribution in [0.4, 0.5) is 23.3 Å². The van der Waals surface area contributed by atoms with Gasteiger partial charge in [-0.25, -0.2) is 0 Å². The van der Waals surface area contributed by atoms with Crippen molar-refractivity contribution in [1.82, 2.24) is 15.0 Å². The third kappa shape index (κ3) is 5.68. The SMILES string of the molecule is Cc1ccc(Nc2nc(N)nc(CSCC(=O)Nc3ccccc3C)n2)cc1. The van der Waals surface area contributed by atoms with Crippen LogP contribution in [0.5, 0.6) is 0 Å². The quantitative estimate of drug-likeness (QED) is 0.561. The van der Waals surface area contributed by atoms with E-state index in [0.29, 0.717) is 23.3 Å². The molecule has 1 heterocycles. The van der Waals surface area contributed by atoms with Crippen LogP contribution in [0.2, 0.25) is 0 Å². The van der Waals surface area contributed by atoms with Crippen LogP contribution >= 0.6 is 11.8 Å². The highest BCUT2D eigenvalue weighted by Gasteiger charge is 2.08. The number of aromatic nitrogens is 3. The van der Waals surface area contributed by atoms with Gasteiger partial charge in [0, 0.05) is 11.4 Å². The fourth-order valence-corrected chi connectivity index (χ4v) is 3.13. The Balaban J connectivity index is 1.55. The number of hydrogen-bond donors (Lipinski definition) is 3. The Morgan fingerprint density at radius 1 is 1.04 bits per heavy atom. The molecule has 0 radical (unpaired) electrons. The number of benzene rings is 2. The van der Waals surface area contributed by atoms with Gasteiger partial charge in [-0.1, -0.05) is 35.9 Å². The molecule has 3 aromatic rings. The Morgan fingerprint density at radius 2 is 1.79 bits per heavy atom. The minimum Gasteiger partial charge on any atom is -0.368 e. The first-order valence-corrected chi connectivity index (χ1v) is 9.92. The van der Waals surface area contributed by atoms with Crippen molar-refractivity contribution in [2.75, 3.05) is 22.1 Å². The molecule has 4 N–H and O–H groups in total. The van der Waals surface area contributed by atoms with Crippen molar-refractivity contribution in [1.29, 1.82) is 0 Å². The van der Waals surface area contributed by atoms with Crippen LogP contribution in [0.25, 0.3) is 0 Å². The fourth-order valence-electron chi connectivity index (χ4n) is 2.46. The first-order valence-electron chi connectivity index (χ1n) is 8.77. The summed E-state index contributed by atoms with van der Waals surface area (Å²) in [6.07, 6.45) is 0. The smallest absolute Gasteiger partial charge is 0.234 e. The molecule has 0 atom stereocenters. The minimum atomic E-state index is -0.0701. The summed E-state index contributed by atoms with van der Waals surface area (Å²) in [7, 11) is 0. The number of rotatable bonds is 7. The Kier molecular flexibility index (Phi) is 6.44. The molecule has 0 unspecified atom stereocenters. The van der Waals surface area contributed by atoms with E-state index in [-0.39, 0.29) is 11.9 Å². The van der Waals surface area contributed by atoms with Crippen molar-refractivity contribution in [3.8, 4) is 0 Å². The summed E-state index contributed by atoms with van der Waals surface area (Å²) in [6.45, 7) is 3.98. The molecule has 0 aliphatic heterocycles. The van der Waals surface area contributed by atoms with Crippen molar-refractivity contribution in [3.05, 3.63) is 65.5 Å². The van der Waals surface area contributed by atoms with Crippen LogP contribution in [0.15, 0.2) is 48.5 Å². The van der Waals surface area contributed by atoms with Crippen LogP contribution in [0.1, 0.15) is 17.0 Å². The number of hydrogen-bond acceptors (Lipinski definition) is 7. The Bertz CT molecular complexity index is 961. The normalized spacial score (nSPS) is 10.5. The van der Waals surface area contributed by atoms with Crippen molar-refractivity contribution in [2.24, 2.45) is 0 Å². The predicted octanol–water partition coefficient (Wildman–Crippen LogP) is 3.69. The number of thioether (sulfide) groups is 1. The number of nitrogen functional groups attached to an aromatic ring is 1. The third-order valence-electron chi connectivity index (χ3n) is 3.89. The monoisotopic (exact) mass is 394 g/mol. The van der Waals surface area contributed by atoms with E-state index in [4.69, 9.17) is 5.73 Å². The van der Waals surface area contributed by atoms with Crippen molar-refractivity contribution >= 4 is 40.9 Å². The summed E-state index contributed by atoms with van der Waals surface area (Å²) in [6, 6.07) is 15.6. The summed E-state index contributed by atoms with van der Waals surface area (Å²) in [4.78, 5) is 24.8. The molecule has 0 aliphatic rings. The lowest BCUT2D eigenvalue weighted by Crippen LogP contribution is -2.15. The van der Waals surface area contributed by atoms with Crippen LogP contribution < -0.4 is 16.4 Å². The first-order chi connectivity index (χ1) is 13.5. The highest BCUT2D eigenvalue weighted by atomic mass is 32.2. The van der Waals surface area contributed by atoms with E-state index in [9.17, 15) is 4.79 Å². The van der Waals surface area contributed by atoms with Gasteiger partial charge in [0.2, 0.25) is 17.8 Å². The molecule has 1 amide bonds. The average molecular weight is 395 g/mol. The number of carbonyl (C=O) groups excluding carboxylic acids is 1. The van der Waals surface area contributed by atoms with E-state index in [0.717, 1.165) is 16.9 Å². The molecule has 144 valence electrons. The Labute approximate surface area is 168 Å². The van der Waals surface area contributed by atoms with Gasteiger partial charge >= 0.3 is 0 Å².